The van der Waals surface area contributed by atoms with Gasteiger partial charge in [0.15, 0.2) is 0 Å². The first-order valence-electron chi connectivity index (χ1n) is 7.75. The van der Waals surface area contributed by atoms with E-state index in [0.717, 1.165) is 32.5 Å². The molecule has 5 heteroatoms. The summed E-state index contributed by atoms with van der Waals surface area (Å²) in [5.74, 6) is 0.0409. The number of benzene rings is 1. The van der Waals surface area contributed by atoms with Crippen LogP contribution in [0.5, 0.6) is 0 Å². The van der Waals surface area contributed by atoms with Crippen molar-refractivity contribution in [1.29, 1.82) is 0 Å². The molecule has 23 heavy (non-hydrogen) atoms. The van der Waals surface area contributed by atoms with Crippen LogP contribution in [0.4, 0.5) is 0 Å². The van der Waals surface area contributed by atoms with Gasteiger partial charge in [0.2, 0.25) is 0 Å². The van der Waals surface area contributed by atoms with Crippen molar-refractivity contribution in [1.82, 2.24) is 9.88 Å². The third-order valence-electron chi connectivity index (χ3n) is 4.17. The Hall–Kier alpha value is -1.59. The van der Waals surface area contributed by atoms with Gasteiger partial charge in [-0.15, -0.1) is 11.3 Å². The SMILES string of the molecule is Cc1ccc(Cn2c(C(=O)NC3CC3)cc3sc(Br)cc32)cc1. The Kier molecular flexibility index (Phi) is 3.77. The molecule has 3 nitrogen and oxygen atoms in total. The smallest absolute Gasteiger partial charge is 0.268 e. The number of nitrogens with zero attached hydrogens (tertiary/aromatic N) is 1. The molecule has 0 aliphatic heterocycles. The topological polar surface area (TPSA) is 34.0 Å². The maximum absolute atomic E-state index is 12.6. The zero-order chi connectivity index (χ0) is 16.0. The molecule has 1 amide bonds. The number of nitrogens with one attached hydrogen (secondary N) is 1. The maximum Gasteiger partial charge on any atom is 0.268 e. The summed E-state index contributed by atoms with van der Waals surface area (Å²) >= 11 is 5.22. The summed E-state index contributed by atoms with van der Waals surface area (Å²) in [6.45, 7) is 2.79. The lowest BCUT2D eigenvalue weighted by Crippen LogP contribution is -2.27. The minimum absolute atomic E-state index is 0.0409. The molecule has 2 aromatic heterocycles. The normalized spacial score (nSPS) is 14.3. The van der Waals surface area contributed by atoms with Gasteiger partial charge in [-0.25, -0.2) is 0 Å². The Bertz CT molecular complexity index is 874. The maximum atomic E-state index is 12.6. The van der Waals surface area contributed by atoms with Gasteiger partial charge < -0.3 is 9.88 Å². The van der Waals surface area contributed by atoms with Crippen molar-refractivity contribution in [3.05, 3.63) is 57.0 Å². The van der Waals surface area contributed by atoms with Crippen molar-refractivity contribution < 1.29 is 4.79 Å². The molecule has 0 spiro atoms. The van der Waals surface area contributed by atoms with E-state index in [9.17, 15) is 4.79 Å². The van der Waals surface area contributed by atoms with Crippen molar-refractivity contribution in [2.24, 2.45) is 0 Å². The van der Waals surface area contributed by atoms with E-state index in [2.05, 4.69) is 63.1 Å². The number of rotatable bonds is 4. The minimum Gasteiger partial charge on any atom is -0.348 e. The van der Waals surface area contributed by atoms with Gasteiger partial charge in [-0.2, -0.15) is 0 Å². The summed E-state index contributed by atoms with van der Waals surface area (Å²) in [5.41, 5.74) is 4.32. The first kappa shape index (κ1) is 15.0. The van der Waals surface area contributed by atoms with Crippen LogP contribution >= 0.6 is 27.3 Å². The van der Waals surface area contributed by atoms with Crippen LogP contribution < -0.4 is 5.32 Å². The first-order valence-corrected chi connectivity index (χ1v) is 9.36. The highest BCUT2D eigenvalue weighted by atomic mass is 79.9. The number of thiophene rings is 1. The molecule has 1 N–H and O–H groups in total. The molecule has 1 fully saturated rings. The molecule has 0 atom stereocenters. The van der Waals surface area contributed by atoms with Crippen LogP contribution in [-0.2, 0) is 6.54 Å². The molecule has 1 aliphatic rings. The molecule has 0 bridgehead atoms. The van der Waals surface area contributed by atoms with E-state index in [4.69, 9.17) is 0 Å². The van der Waals surface area contributed by atoms with Gasteiger partial charge in [-0.1, -0.05) is 29.8 Å². The Morgan fingerprint density at radius 3 is 2.74 bits per heavy atom. The second-order valence-corrected chi connectivity index (χ2v) is 8.61. The molecule has 4 rings (SSSR count). The highest BCUT2D eigenvalue weighted by molar-refractivity contribution is 9.11. The van der Waals surface area contributed by atoms with E-state index < -0.39 is 0 Å². The van der Waals surface area contributed by atoms with Gasteiger partial charge in [-0.05, 0) is 53.4 Å². The van der Waals surface area contributed by atoms with Crippen molar-refractivity contribution in [3.63, 3.8) is 0 Å². The molecule has 1 saturated carbocycles. The minimum atomic E-state index is 0.0409. The largest absolute Gasteiger partial charge is 0.348 e. The average molecular weight is 389 g/mol. The summed E-state index contributed by atoms with van der Waals surface area (Å²) < 4.78 is 4.36. The standard InChI is InChI=1S/C18H17BrN2OS/c1-11-2-4-12(5-3-11)10-21-14-9-17(19)23-16(14)8-15(21)18(22)20-13-6-7-13/h2-5,8-9,13H,6-7,10H2,1H3,(H,20,22). The van der Waals surface area contributed by atoms with E-state index >= 15 is 0 Å². The second-order valence-electron chi connectivity index (χ2n) is 6.15. The Morgan fingerprint density at radius 1 is 1.30 bits per heavy atom. The Labute approximate surface area is 147 Å². The highest BCUT2D eigenvalue weighted by Gasteiger charge is 2.26. The van der Waals surface area contributed by atoms with Gasteiger partial charge in [0.25, 0.3) is 5.91 Å². The first-order chi connectivity index (χ1) is 11.1. The fourth-order valence-corrected chi connectivity index (χ4v) is 4.30. The number of carbonyl (C=O) groups excluding carboxylic acids is 1. The average Bonchev–Trinajstić information content (AvgIpc) is 3.16. The molecule has 3 aromatic rings. The molecule has 0 saturated heterocycles. The lowest BCUT2D eigenvalue weighted by atomic mass is 10.1. The molecule has 1 aromatic carbocycles. The molecule has 118 valence electrons. The Balaban J connectivity index is 1.74. The van der Waals surface area contributed by atoms with Crippen LogP contribution in [-0.4, -0.2) is 16.5 Å². The van der Waals surface area contributed by atoms with E-state index in [1.165, 1.54) is 11.1 Å². The zero-order valence-corrected chi connectivity index (χ0v) is 15.2. The molecular formula is C18H17BrN2OS. The lowest BCUT2D eigenvalue weighted by Gasteiger charge is -2.11. The number of hydrogen-bond acceptors (Lipinski definition) is 2. The number of aromatic nitrogens is 1. The van der Waals surface area contributed by atoms with E-state index in [0.29, 0.717) is 12.6 Å². The van der Waals surface area contributed by atoms with Gasteiger partial charge in [0, 0.05) is 12.6 Å². The summed E-state index contributed by atoms with van der Waals surface area (Å²) in [5, 5.41) is 3.10. The van der Waals surface area contributed by atoms with E-state index in [-0.39, 0.29) is 5.91 Å². The number of carbonyl (C=O) groups is 1. The summed E-state index contributed by atoms with van der Waals surface area (Å²) in [4.78, 5) is 12.6. The molecular weight excluding hydrogens is 372 g/mol. The van der Waals surface area contributed by atoms with Crippen LogP contribution in [0.2, 0.25) is 0 Å². The molecule has 2 heterocycles. The fraction of sp³-hybridized carbons (Fsp3) is 0.278. The number of fused-ring (bicyclic) bond motifs is 1. The molecule has 0 radical (unpaired) electrons. The van der Waals surface area contributed by atoms with Gasteiger partial charge >= 0.3 is 0 Å². The monoisotopic (exact) mass is 388 g/mol. The van der Waals surface area contributed by atoms with Crippen molar-refractivity contribution in [2.45, 2.75) is 32.4 Å². The number of halogens is 1. The molecule has 1 aliphatic carbocycles. The quantitative estimate of drug-likeness (QED) is 0.689. The number of amides is 1. The summed E-state index contributed by atoms with van der Waals surface area (Å²) in [6.07, 6.45) is 2.20. The van der Waals surface area contributed by atoms with Crippen LogP contribution in [0.1, 0.15) is 34.5 Å². The lowest BCUT2D eigenvalue weighted by molar-refractivity contribution is 0.0942. The van der Waals surface area contributed by atoms with Crippen LogP contribution in [0.25, 0.3) is 10.2 Å². The predicted octanol–water partition coefficient (Wildman–Crippen LogP) is 4.71. The van der Waals surface area contributed by atoms with Gasteiger partial charge in [-0.3, -0.25) is 4.79 Å². The number of aryl methyl sites for hydroxylation is 1. The second kappa shape index (κ2) is 5.80. The third-order valence-corrected chi connectivity index (χ3v) is 5.74. The summed E-state index contributed by atoms with van der Waals surface area (Å²) in [7, 11) is 0. The van der Waals surface area contributed by atoms with Crippen molar-refractivity contribution in [2.75, 3.05) is 0 Å². The van der Waals surface area contributed by atoms with Gasteiger partial charge in [0.05, 0.1) is 14.0 Å². The fourth-order valence-electron chi connectivity index (χ4n) is 2.73. The van der Waals surface area contributed by atoms with Crippen LogP contribution in [0, 0.1) is 6.92 Å². The van der Waals surface area contributed by atoms with Crippen molar-refractivity contribution >= 4 is 43.4 Å². The summed E-state index contributed by atoms with van der Waals surface area (Å²) in [6, 6.07) is 13.0. The van der Waals surface area contributed by atoms with Crippen LogP contribution in [0.15, 0.2) is 40.2 Å². The number of hydrogen-bond donors (Lipinski definition) is 1. The van der Waals surface area contributed by atoms with E-state index in [1.807, 2.05) is 6.07 Å². The predicted molar refractivity (Wildman–Crippen MR) is 98.3 cm³/mol. The third kappa shape index (κ3) is 3.08. The van der Waals surface area contributed by atoms with Crippen molar-refractivity contribution in [3.8, 4) is 0 Å². The molecule has 0 unspecified atom stereocenters. The highest BCUT2D eigenvalue weighted by Crippen LogP contribution is 2.33. The van der Waals surface area contributed by atoms with Gasteiger partial charge in [0.1, 0.15) is 5.69 Å². The Morgan fingerprint density at radius 2 is 2.04 bits per heavy atom. The van der Waals surface area contributed by atoms with E-state index in [1.54, 1.807) is 11.3 Å². The van der Waals surface area contributed by atoms with Crippen LogP contribution in [0.3, 0.4) is 0 Å². The zero-order valence-electron chi connectivity index (χ0n) is 12.8.